The molecule has 2 rings (SSSR count). The molecule has 1 aliphatic heterocycles. The van der Waals surface area contributed by atoms with Crippen molar-refractivity contribution in [3.8, 4) is 0 Å². The van der Waals surface area contributed by atoms with Gasteiger partial charge in [0.2, 0.25) is 5.91 Å². The maximum Gasteiger partial charge on any atom is 0.224 e. The quantitative estimate of drug-likeness (QED) is 0.874. The summed E-state index contributed by atoms with van der Waals surface area (Å²) in [4.78, 5) is 14.2. The van der Waals surface area contributed by atoms with Gasteiger partial charge >= 0.3 is 0 Å². The van der Waals surface area contributed by atoms with Gasteiger partial charge in [0.15, 0.2) is 0 Å². The zero-order chi connectivity index (χ0) is 15.1. The van der Waals surface area contributed by atoms with Crippen LogP contribution in [0.1, 0.15) is 44.6 Å². The van der Waals surface area contributed by atoms with Crippen molar-refractivity contribution in [2.75, 3.05) is 13.1 Å². The van der Waals surface area contributed by atoms with E-state index in [0.717, 1.165) is 45.2 Å². The maximum absolute atomic E-state index is 12.2. The van der Waals surface area contributed by atoms with Gasteiger partial charge in [0.1, 0.15) is 0 Å². The molecule has 0 radical (unpaired) electrons. The van der Waals surface area contributed by atoms with E-state index in [2.05, 4.69) is 37.3 Å². The third-order valence-electron chi connectivity index (χ3n) is 4.43. The second-order valence-corrected chi connectivity index (χ2v) is 6.27. The van der Waals surface area contributed by atoms with Crippen molar-refractivity contribution in [3.05, 3.63) is 35.9 Å². The van der Waals surface area contributed by atoms with Gasteiger partial charge in [-0.15, -0.1) is 0 Å². The molecule has 0 aromatic heterocycles. The minimum absolute atomic E-state index is 0.0320. The van der Waals surface area contributed by atoms with Crippen LogP contribution in [0, 0.1) is 5.92 Å². The van der Waals surface area contributed by atoms with Gasteiger partial charge in [-0.2, -0.15) is 0 Å². The van der Waals surface area contributed by atoms with Gasteiger partial charge in [-0.1, -0.05) is 43.7 Å². The fraction of sp³-hybridized carbons (Fsp3) is 0.611. The van der Waals surface area contributed by atoms with Gasteiger partial charge in [-0.3, -0.25) is 4.79 Å². The number of hydrogen-bond acceptors (Lipinski definition) is 2. The molecule has 1 amide bonds. The van der Waals surface area contributed by atoms with Gasteiger partial charge in [0.25, 0.3) is 0 Å². The number of nitrogens with two attached hydrogens (primary N) is 1. The molecule has 1 aliphatic rings. The zero-order valence-corrected chi connectivity index (χ0v) is 13.1. The largest absolute Gasteiger partial charge is 0.343 e. The van der Waals surface area contributed by atoms with E-state index in [1.807, 2.05) is 4.90 Å². The number of carbonyl (C=O) groups is 1. The topological polar surface area (TPSA) is 46.3 Å². The van der Waals surface area contributed by atoms with Crippen LogP contribution in [0.5, 0.6) is 0 Å². The summed E-state index contributed by atoms with van der Waals surface area (Å²) in [7, 11) is 0. The molecule has 1 aromatic rings. The van der Waals surface area contributed by atoms with Crippen LogP contribution in [-0.4, -0.2) is 29.9 Å². The average molecular weight is 288 g/mol. The summed E-state index contributed by atoms with van der Waals surface area (Å²) >= 11 is 0. The summed E-state index contributed by atoms with van der Waals surface area (Å²) in [5.41, 5.74) is 7.38. The molecule has 0 saturated carbocycles. The van der Waals surface area contributed by atoms with E-state index in [-0.39, 0.29) is 11.9 Å². The van der Waals surface area contributed by atoms with Gasteiger partial charge in [0.05, 0.1) is 0 Å². The third kappa shape index (κ3) is 5.16. The summed E-state index contributed by atoms with van der Waals surface area (Å²) in [6, 6.07) is 10.7. The van der Waals surface area contributed by atoms with Crippen LogP contribution < -0.4 is 5.73 Å². The Kier molecular flexibility index (Phi) is 6.24. The Morgan fingerprint density at radius 2 is 1.95 bits per heavy atom. The Bertz CT molecular complexity index is 424. The first-order valence-electron chi connectivity index (χ1n) is 8.26. The molecular weight excluding hydrogens is 260 g/mol. The number of likely N-dealkylation sites (tertiary alicyclic amines) is 1. The second-order valence-electron chi connectivity index (χ2n) is 6.27. The van der Waals surface area contributed by atoms with Crippen LogP contribution in [0.25, 0.3) is 0 Å². The lowest BCUT2D eigenvalue weighted by Gasteiger charge is -2.32. The molecule has 1 unspecified atom stereocenters. The zero-order valence-electron chi connectivity index (χ0n) is 13.1. The summed E-state index contributed by atoms with van der Waals surface area (Å²) in [5.74, 6) is 0.954. The minimum atomic E-state index is 0.0320. The molecule has 0 spiro atoms. The number of nitrogens with zero attached hydrogens (tertiary/aromatic N) is 1. The van der Waals surface area contributed by atoms with E-state index in [9.17, 15) is 4.79 Å². The molecule has 1 fully saturated rings. The van der Waals surface area contributed by atoms with Crippen molar-refractivity contribution in [2.24, 2.45) is 11.7 Å². The maximum atomic E-state index is 12.2. The number of piperidine rings is 1. The highest BCUT2D eigenvalue weighted by atomic mass is 16.2. The lowest BCUT2D eigenvalue weighted by atomic mass is 9.90. The summed E-state index contributed by atoms with van der Waals surface area (Å²) < 4.78 is 0. The van der Waals surface area contributed by atoms with Crippen molar-refractivity contribution in [3.63, 3.8) is 0 Å². The van der Waals surface area contributed by atoms with E-state index >= 15 is 0 Å². The van der Waals surface area contributed by atoms with Crippen LogP contribution in [0.3, 0.4) is 0 Å². The fourth-order valence-electron chi connectivity index (χ4n) is 3.16. The Balaban J connectivity index is 1.74. The standard InChI is InChI=1S/C18H28N2O/c1-2-6-17(19)14-18(21)20-11-9-16(10-12-20)13-15-7-4-3-5-8-15/h3-5,7-8,16-17H,2,6,9-14,19H2,1H3. The monoisotopic (exact) mass is 288 g/mol. The number of rotatable bonds is 6. The van der Waals surface area contributed by atoms with Crippen LogP contribution in [0.15, 0.2) is 30.3 Å². The highest BCUT2D eigenvalue weighted by molar-refractivity contribution is 5.76. The van der Waals surface area contributed by atoms with Crippen LogP contribution in [0.2, 0.25) is 0 Å². The number of benzene rings is 1. The summed E-state index contributed by atoms with van der Waals surface area (Å²) in [6.07, 6.45) is 5.87. The minimum Gasteiger partial charge on any atom is -0.343 e. The predicted molar refractivity (Wildman–Crippen MR) is 87.0 cm³/mol. The van der Waals surface area contributed by atoms with E-state index in [1.54, 1.807) is 0 Å². The third-order valence-corrected chi connectivity index (χ3v) is 4.43. The normalized spacial score (nSPS) is 17.7. The Labute approximate surface area is 128 Å². The summed E-state index contributed by atoms with van der Waals surface area (Å²) in [5, 5.41) is 0. The highest BCUT2D eigenvalue weighted by Gasteiger charge is 2.23. The Morgan fingerprint density at radius 1 is 1.29 bits per heavy atom. The van der Waals surface area contributed by atoms with Gasteiger partial charge in [-0.05, 0) is 37.2 Å². The van der Waals surface area contributed by atoms with E-state index in [4.69, 9.17) is 5.73 Å². The molecule has 1 saturated heterocycles. The lowest BCUT2D eigenvalue weighted by Crippen LogP contribution is -2.41. The number of carbonyl (C=O) groups excluding carboxylic acids is 1. The van der Waals surface area contributed by atoms with Crippen LogP contribution in [0.4, 0.5) is 0 Å². The van der Waals surface area contributed by atoms with Crippen molar-refractivity contribution in [1.29, 1.82) is 0 Å². The van der Waals surface area contributed by atoms with Gasteiger partial charge in [0, 0.05) is 25.6 Å². The SMILES string of the molecule is CCCC(N)CC(=O)N1CCC(Cc2ccccc2)CC1. The molecule has 0 bridgehead atoms. The van der Waals surface area contributed by atoms with E-state index in [0.29, 0.717) is 12.3 Å². The summed E-state index contributed by atoms with van der Waals surface area (Å²) in [6.45, 7) is 3.91. The Hall–Kier alpha value is -1.35. The molecular formula is C18H28N2O. The van der Waals surface area contributed by atoms with Crippen molar-refractivity contribution in [1.82, 2.24) is 4.90 Å². The smallest absolute Gasteiger partial charge is 0.224 e. The number of amides is 1. The first-order valence-corrected chi connectivity index (χ1v) is 8.26. The van der Waals surface area contributed by atoms with Gasteiger partial charge in [-0.25, -0.2) is 0 Å². The second kappa shape index (κ2) is 8.18. The molecule has 21 heavy (non-hydrogen) atoms. The molecule has 116 valence electrons. The van der Waals surface area contributed by atoms with Crippen LogP contribution in [-0.2, 0) is 11.2 Å². The van der Waals surface area contributed by atoms with Crippen molar-refractivity contribution >= 4 is 5.91 Å². The lowest BCUT2D eigenvalue weighted by molar-refractivity contribution is -0.133. The average Bonchev–Trinajstić information content (AvgIpc) is 2.49. The van der Waals surface area contributed by atoms with E-state index in [1.165, 1.54) is 5.56 Å². The molecule has 1 atom stereocenters. The molecule has 3 heteroatoms. The first kappa shape index (κ1) is 16.0. The van der Waals surface area contributed by atoms with Gasteiger partial charge < -0.3 is 10.6 Å². The highest BCUT2D eigenvalue weighted by Crippen LogP contribution is 2.22. The van der Waals surface area contributed by atoms with Crippen molar-refractivity contribution < 1.29 is 4.79 Å². The number of hydrogen-bond donors (Lipinski definition) is 1. The van der Waals surface area contributed by atoms with Crippen molar-refractivity contribution in [2.45, 2.75) is 51.5 Å². The van der Waals surface area contributed by atoms with E-state index < -0.39 is 0 Å². The molecule has 1 aromatic carbocycles. The molecule has 2 N–H and O–H groups in total. The predicted octanol–water partition coefficient (Wildman–Crippen LogP) is 2.99. The van der Waals surface area contributed by atoms with Crippen LogP contribution >= 0.6 is 0 Å². The molecule has 0 aliphatic carbocycles. The first-order chi connectivity index (χ1) is 10.2. The molecule has 1 heterocycles. The fourth-order valence-corrected chi connectivity index (χ4v) is 3.16. The Morgan fingerprint density at radius 3 is 2.57 bits per heavy atom. The molecule has 3 nitrogen and oxygen atoms in total.